The molecule has 170 valence electrons. The summed E-state index contributed by atoms with van der Waals surface area (Å²) in [6.07, 6.45) is 0.362. The third-order valence-corrected chi connectivity index (χ3v) is 4.78. The molecule has 10 heteroatoms. The summed E-state index contributed by atoms with van der Waals surface area (Å²) >= 11 is 0. The number of hydrogen-bond acceptors (Lipinski definition) is 10. The Morgan fingerprint density at radius 3 is 2.44 bits per heavy atom. The van der Waals surface area contributed by atoms with Gasteiger partial charge in [0.05, 0.1) is 14.2 Å². The predicted molar refractivity (Wildman–Crippen MR) is 109 cm³/mol. The van der Waals surface area contributed by atoms with Crippen molar-refractivity contribution in [3.05, 3.63) is 41.9 Å². The minimum absolute atomic E-state index is 0.0901. The average molecular weight is 445 g/mol. The Labute approximate surface area is 184 Å². The number of carbonyl (C=O) groups excluding carboxylic acids is 2. The molecule has 1 aromatic carbocycles. The van der Waals surface area contributed by atoms with Crippen LogP contribution in [-0.4, -0.2) is 49.4 Å². The highest BCUT2D eigenvalue weighted by molar-refractivity contribution is 6.31. The van der Waals surface area contributed by atoms with Crippen molar-refractivity contribution in [3.8, 4) is 29.1 Å². The van der Waals surface area contributed by atoms with Crippen molar-refractivity contribution in [2.45, 2.75) is 31.3 Å². The molecule has 1 aromatic heterocycles. The van der Waals surface area contributed by atoms with E-state index in [4.69, 9.17) is 24.4 Å². The summed E-state index contributed by atoms with van der Waals surface area (Å²) in [4.78, 5) is 22.4. The van der Waals surface area contributed by atoms with E-state index in [1.54, 1.807) is 37.4 Å². The van der Waals surface area contributed by atoms with Gasteiger partial charge in [-0.25, -0.2) is 9.59 Å². The number of methoxy groups -OCH3 is 2. The average Bonchev–Trinajstić information content (AvgIpc) is 3.33. The molecule has 1 atom stereocenters. The highest BCUT2D eigenvalue weighted by atomic mass is 16.9. The summed E-state index contributed by atoms with van der Waals surface area (Å²) < 4.78 is 30.8. The summed E-state index contributed by atoms with van der Waals surface area (Å²) in [5, 5.41) is 10.2. The summed E-state index contributed by atoms with van der Waals surface area (Å²) in [5.41, 5.74) is 4.47. The second-order valence-corrected chi connectivity index (χ2v) is 7.15. The Morgan fingerprint density at radius 2 is 1.78 bits per heavy atom. The number of benzene rings is 1. The van der Waals surface area contributed by atoms with Gasteiger partial charge in [0.15, 0.2) is 17.3 Å². The molecule has 10 nitrogen and oxygen atoms in total. The molecule has 1 fully saturated rings. The fourth-order valence-electron chi connectivity index (χ4n) is 2.86. The van der Waals surface area contributed by atoms with Crippen LogP contribution in [0.5, 0.6) is 17.2 Å². The molecular weight excluding hydrogens is 422 g/mol. The van der Waals surface area contributed by atoms with Gasteiger partial charge < -0.3 is 38.9 Å². The van der Waals surface area contributed by atoms with Crippen LogP contribution in [0, 0.1) is 11.8 Å². The smallest absolute Gasteiger partial charge is 0.422 e. The van der Waals surface area contributed by atoms with E-state index in [1.807, 2.05) is 0 Å². The van der Waals surface area contributed by atoms with E-state index in [1.165, 1.54) is 14.0 Å². The number of furan rings is 1. The lowest BCUT2D eigenvalue weighted by Crippen LogP contribution is -2.60. The van der Waals surface area contributed by atoms with Crippen LogP contribution in [-0.2, 0) is 25.5 Å². The molecule has 1 aliphatic heterocycles. The highest BCUT2D eigenvalue weighted by Crippen LogP contribution is 2.32. The van der Waals surface area contributed by atoms with Crippen LogP contribution in [0.1, 0.15) is 24.9 Å². The van der Waals surface area contributed by atoms with Crippen LogP contribution in [0.3, 0.4) is 0 Å². The Bertz CT molecular complexity index is 1040. The van der Waals surface area contributed by atoms with Crippen LogP contribution < -0.4 is 19.9 Å². The number of aryl methyl sites for hydroxylation is 1. The number of ether oxygens (including phenoxy) is 5. The monoisotopic (exact) mass is 445 g/mol. The summed E-state index contributed by atoms with van der Waals surface area (Å²) in [6, 6.07) is 8.55. The molecule has 2 aromatic rings. The Balaban J connectivity index is 1.53. The first kappa shape index (κ1) is 23.0. The first-order valence-corrected chi connectivity index (χ1v) is 9.57. The highest BCUT2D eigenvalue weighted by Gasteiger charge is 2.58. The molecule has 1 aliphatic rings. The van der Waals surface area contributed by atoms with Gasteiger partial charge >= 0.3 is 17.9 Å². The van der Waals surface area contributed by atoms with Gasteiger partial charge in [-0.1, -0.05) is 5.92 Å². The molecule has 0 amide bonds. The molecule has 32 heavy (non-hydrogen) atoms. The molecule has 0 radical (unpaired) electrons. The van der Waals surface area contributed by atoms with Crippen molar-refractivity contribution >= 4 is 11.9 Å². The topological polar surface area (TPSA) is 140 Å². The van der Waals surface area contributed by atoms with Gasteiger partial charge in [-0.3, -0.25) is 0 Å². The van der Waals surface area contributed by atoms with Crippen molar-refractivity contribution in [1.82, 2.24) is 0 Å². The third-order valence-electron chi connectivity index (χ3n) is 4.78. The molecule has 3 rings (SSSR count). The lowest BCUT2D eigenvalue weighted by atomic mass is 9.93. The van der Waals surface area contributed by atoms with Crippen LogP contribution in [0.15, 0.2) is 34.7 Å². The fourth-order valence-corrected chi connectivity index (χ4v) is 2.86. The Hall–Kier alpha value is -3.68. The largest absolute Gasteiger partial charge is 0.493 e. The van der Waals surface area contributed by atoms with E-state index in [9.17, 15) is 14.7 Å². The molecule has 1 saturated heterocycles. The molecule has 2 heterocycles. The number of hydrogen-bond donors (Lipinski definition) is 2. The first-order valence-electron chi connectivity index (χ1n) is 9.57. The Kier molecular flexibility index (Phi) is 6.62. The van der Waals surface area contributed by atoms with Gasteiger partial charge in [-0.2, -0.15) is 0 Å². The third kappa shape index (κ3) is 4.96. The van der Waals surface area contributed by atoms with Crippen molar-refractivity contribution in [1.29, 1.82) is 0 Å². The second-order valence-electron chi connectivity index (χ2n) is 7.15. The second kappa shape index (κ2) is 9.21. The van der Waals surface area contributed by atoms with E-state index < -0.39 is 23.5 Å². The van der Waals surface area contributed by atoms with Crippen molar-refractivity contribution in [2.75, 3.05) is 20.8 Å². The lowest BCUT2D eigenvalue weighted by molar-refractivity contribution is -0.324. The molecule has 0 aliphatic carbocycles. The van der Waals surface area contributed by atoms with E-state index in [-0.39, 0.29) is 19.4 Å². The number of esters is 2. The zero-order chi connectivity index (χ0) is 23.4. The zero-order valence-corrected chi connectivity index (χ0v) is 17.8. The summed E-state index contributed by atoms with van der Waals surface area (Å²) in [5.74, 6) is 3.23. The maximum atomic E-state index is 11.2. The number of rotatable bonds is 8. The van der Waals surface area contributed by atoms with Crippen molar-refractivity contribution < 1.29 is 42.8 Å². The Morgan fingerprint density at radius 1 is 1.09 bits per heavy atom. The zero-order valence-electron chi connectivity index (χ0n) is 17.8. The lowest BCUT2D eigenvalue weighted by Gasteiger charge is -2.34. The van der Waals surface area contributed by atoms with Crippen molar-refractivity contribution in [2.24, 2.45) is 5.73 Å². The van der Waals surface area contributed by atoms with Gasteiger partial charge in [0, 0.05) is 12.5 Å². The van der Waals surface area contributed by atoms with E-state index in [0.717, 1.165) is 0 Å². The van der Waals surface area contributed by atoms with Crippen LogP contribution in [0.4, 0.5) is 0 Å². The number of carbonyl (C=O) groups is 2. The van der Waals surface area contributed by atoms with Gasteiger partial charge in [-0.05, 0) is 43.5 Å². The summed E-state index contributed by atoms with van der Waals surface area (Å²) in [7, 11) is 3.09. The first-order chi connectivity index (χ1) is 15.2. The molecule has 0 unspecified atom stereocenters. The van der Waals surface area contributed by atoms with Crippen molar-refractivity contribution in [3.63, 3.8) is 0 Å². The minimum atomic E-state index is -2.53. The maximum Gasteiger partial charge on any atom is 0.422 e. The molecule has 0 bridgehead atoms. The molecule has 0 saturated carbocycles. The summed E-state index contributed by atoms with van der Waals surface area (Å²) in [6.45, 7) is 1.52. The number of nitrogens with two attached hydrogens (primary N) is 1. The number of cyclic esters (lactones) is 2. The van der Waals surface area contributed by atoms with Gasteiger partial charge in [0.25, 0.3) is 0 Å². The molecular formula is C22H23NO9. The van der Waals surface area contributed by atoms with Crippen LogP contribution in [0.2, 0.25) is 0 Å². The predicted octanol–water partition coefficient (Wildman–Crippen LogP) is 1.12. The standard InChI is InChI=1S/C22H23NO9/c1-21(23,22(26)31-19(24)20(25)32-22)11-10-15-7-6-14(30-15)5-4-12-29-16-8-9-17(27-2)18(13-16)28-3/h6-9,13,26H,10-12,23H2,1-3H3/t21-/m1/s1. The number of aliphatic hydroxyl groups is 1. The fraction of sp³-hybridized carbons (Fsp3) is 0.364. The van der Waals surface area contributed by atoms with E-state index in [0.29, 0.717) is 28.8 Å². The van der Waals surface area contributed by atoms with Crippen LogP contribution >= 0.6 is 0 Å². The van der Waals surface area contributed by atoms with Gasteiger partial charge in [-0.15, -0.1) is 0 Å². The quantitative estimate of drug-likeness (QED) is 0.345. The van der Waals surface area contributed by atoms with E-state index in [2.05, 4.69) is 21.3 Å². The minimum Gasteiger partial charge on any atom is -0.493 e. The van der Waals surface area contributed by atoms with Crippen LogP contribution in [0.25, 0.3) is 0 Å². The molecule has 3 N–H and O–H groups in total. The van der Waals surface area contributed by atoms with Gasteiger partial charge in [0.1, 0.15) is 23.7 Å². The van der Waals surface area contributed by atoms with E-state index >= 15 is 0 Å². The maximum absolute atomic E-state index is 11.2. The molecule has 0 spiro atoms. The van der Waals surface area contributed by atoms with Gasteiger partial charge in [0.2, 0.25) is 0 Å². The SMILES string of the molecule is COc1ccc(OCC#Cc2ccc(CC[C@@](C)(N)C3(O)OC(=O)C(=O)O3)o2)cc1OC. The normalized spacial score (nSPS) is 16.3.